The molecule has 0 amide bonds. The first kappa shape index (κ1) is 22.0. The van der Waals surface area contributed by atoms with E-state index in [4.69, 9.17) is 4.74 Å². The van der Waals surface area contributed by atoms with Crippen molar-refractivity contribution in [2.24, 2.45) is 0 Å². The zero-order chi connectivity index (χ0) is 30.4. The van der Waals surface area contributed by atoms with Gasteiger partial charge in [0.15, 0.2) is 16.6 Å². The zero-order valence-electron chi connectivity index (χ0n) is 25.0. The third-order valence-electron chi connectivity index (χ3n) is 12.1. The van der Waals surface area contributed by atoms with Crippen LogP contribution in [0.15, 0.2) is 110 Å². The Balaban J connectivity index is 1.34. The quantitative estimate of drug-likeness (QED) is 0.101. The van der Waals surface area contributed by atoms with Gasteiger partial charge in [-0.25, -0.2) is 0 Å². The van der Waals surface area contributed by atoms with E-state index in [1.165, 1.54) is 82.0 Å². The smallest absolute Gasteiger partial charge is 0.321 e. The molecule has 0 bridgehead atoms. The highest BCUT2D eigenvalue weighted by Gasteiger charge is 2.63. The Bertz CT molecular complexity index is 3370. The summed E-state index contributed by atoms with van der Waals surface area (Å²) in [6, 6.07) is 33.6. The maximum absolute atomic E-state index is 7.08. The molecule has 1 unspecified atom stereocenters. The molecule has 0 aliphatic carbocycles. The van der Waals surface area contributed by atoms with E-state index >= 15 is 0 Å². The lowest BCUT2D eigenvalue weighted by Crippen LogP contribution is -2.77. The van der Waals surface area contributed by atoms with Crippen molar-refractivity contribution in [3.8, 4) is 11.5 Å². The molecule has 48 heavy (non-hydrogen) atoms. The van der Waals surface area contributed by atoms with E-state index in [0.29, 0.717) is 0 Å². The van der Waals surface area contributed by atoms with Gasteiger partial charge in [0, 0.05) is 32.3 Å². The molecule has 0 fully saturated rings. The number of nitrogens with zero attached hydrogens (tertiary/aromatic N) is 6. The Labute approximate surface area is 268 Å². The number of rotatable bonds is 0. The van der Waals surface area contributed by atoms with Gasteiger partial charge in [-0.3, -0.25) is 0 Å². The number of hydrogen-bond acceptors (Lipinski definition) is 3. The first-order valence-corrected chi connectivity index (χ1v) is 16.4. The van der Waals surface area contributed by atoms with Gasteiger partial charge < -0.3 is 4.74 Å². The van der Waals surface area contributed by atoms with Crippen LogP contribution in [0.25, 0.3) is 98.1 Å². The number of ether oxygens (including phenoxy) is 1. The number of benzene rings is 5. The largest absolute Gasteiger partial charge is 0.456 e. The second-order valence-corrected chi connectivity index (χ2v) is 13.8. The molecule has 3 aliphatic rings. The first-order chi connectivity index (χ1) is 23.8. The summed E-state index contributed by atoms with van der Waals surface area (Å²) >= 11 is 0. The van der Waals surface area contributed by atoms with Crippen LogP contribution >= 0.6 is 0 Å². The molecule has 12 aromatic rings. The third-order valence-corrected chi connectivity index (χ3v) is 12.1. The molecule has 10 heterocycles. The molecule has 0 saturated heterocycles. The van der Waals surface area contributed by atoms with Crippen LogP contribution in [0.5, 0.6) is 11.5 Å². The van der Waals surface area contributed by atoms with Crippen molar-refractivity contribution >= 4 is 98.1 Å². The third kappa shape index (κ3) is 1.85. The van der Waals surface area contributed by atoms with Crippen molar-refractivity contribution in [1.29, 1.82) is 0 Å². The average molecular weight is 611 g/mol. The van der Waals surface area contributed by atoms with E-state index in [-0.39, 0.29) is 0 Å². The summed E-state index contributed by atoms with van der Waals surface area (Å²) in [7, 11) is 0. The lowest BCUT2D eigenvalue weighted by molar-refractivity contribution is -0.953. The monoisotopic (exact) mass is 610 g/mol. The highest BCUT2D eigenvalue weighted by atomic mass is 16.5. The first-order valence-electron chi connectivity index (χ1n) is 16.4. The van der Waals surface area contributed by atoms with Crippen molar-refractivity contribution in [3.05, 3.63) is 121 Å². The van der Waals surface area contributed by atoms with Crippen molar-refractivity contribution in [1.82, 2.24) is 19.0 Å². The summed E-state index contributed by atoms with van der Waals surface area (Å²) in [4.78, 5) is 0. The molecule has 3 aliphatic heterocycles. The predicted octanol–water partition coefficient (Wildman–Crippen LogP) is 7.69. The maximum Gasteiger partial charge on any atom is 0.321 e. The zero-order valence-corrected chi connectivity index (χ0v) is 25.0. The Morgan fingerprint density at radius 1 is 0.521 bits per heavy atom. The SMILES string of the molecule is c1cc2ccc3c4ccc[n+]5c4n4c6c7c(ccc6c(c1)c2c34)Oc1ccc2c3cnnc4ccc6c8ccc[n+]9c8n(c2c1C759)c6c43. The van der Waals surface area contributed by atoms with Crippen LogP contribution < -0.4 is 13.9 Å². The Hall–Kier alpha value is -6.60. The maximum atomic E-state index is 7.08. The highest BCUT2D eigenvalue weighted by molar-refractivity contribution is 6.30. The van der Waals surface area contributed by atoms with Crippen LogP contribution in [0.2, 0.25) is 0 Å². The molecular weight excluding hydrogens is 592 g/mol. The molecule has 0 radical (unpaired) electrons. The Morgan fingerprint density at radius 3 is 1.85 bits per heavy atom. The van der Waals surface area contributed by atoms with Gasteiger partial charge in [0.1, 0.15) is 28.1 Å². The summed E-state index contributed by atoms with van der Waals surface area (Å²) < 4.78 is 17.2. The van der Waals surface area contributed by atoms with E-state index in [0.717, 1.165) is 38.7 Å². The summed E-state index contributed by atoms with van der Waals surface area (Å²) in [6.07, 6.45) is 6.53. The molecule has 0 N–H and O–H groups in total. The summed E-state index contributed by atoms with van der Waals surface area (Å²) in [6.45, 7) is 0. The lowest BCUT2D eigenvalue weighted by atomic mass is 9.81. The van der Waals surface area contributed by atoms with Crippen LogP contribution in [0.4, 0.5) is 0 Å². The molecule has 1 spiro atoms. The van der Waals surface area contributed by atoms with E-state index in [1.807, 2.05) is 6.20 Å². The van der Waals surface area contributed by atoms with Gasteiger partial charge >= 0.3 is 5.66 Å². The van der Waals surface area contributed by atoms with Gasteiger partial charge in [0.25, 0.3) is 11.3 Å². The van der Waals surface area contributed by atoms with Crippen molar-refractivity contribution in [2.75, 3.05) is 0 Å². The fraction of sp³-hybridized carbons (Fsp3) is 0.0244. The molecule has 7 heteroatoms. The molecule has 7 aromatic heterocycles. The molecule has 15 rings (SSSR count). The van der Waals surface area contributed by atoms with Crippen LogP contribution in [-0.2, 0) is 5.66 Å². The van der Waals surface area contributed by atoms with Crippen LogP contribution in [0.3, 0.4) is 0 Å². The standard InChI is InChI=1S/C41H18N6O/c1-4-19-8-9-22-25-6-2-16-44-39(25)46-35(22)31(19)20(5-1)21-11-14-29-33(37(21)46)41(44)34-30(48-29)15-12-24-27-18-42-43-28-13-10-23-26-7-3-17-45(41)40(26)47(38(24)34)36(23)32(27)28/h1-18H/q+2. The van der Waals surface area contributed by atoms with Crippen molar-refractivity contribution < 1.29 is 13.9 Å². The molecule has 216 valence electrons. The molecule has 7 nitrogen and oxygen atoms in total. The van der Waals surface area contributed by atoms with Gasteiger partial charge in [-0.2, -0.15) is 28.1 Å². The fourth-order valence-corrected chi connectivity index (χ4v) is 10.6. The second kappa shape index (κ2) is 6.48. The normalized spacial score (nSPS) is 17.4. The second-order valence-electron chi connectivity index (χ2n) is 13.8. The van der Waals surface area contributed by atoms with Gasteiger partial charge in [-0.15, -0.1) is 0 Å². The van der Waals surface area contributed by atoms with Gasteiger partial charge in [0.05, 0.1) is 40.3 Å². The van der Waals surface area contributed by atoms with Crippen LogP contribution in [-0.4, -0.2) is 19.0 Å². The number of pyridine rings is 4. The number of fused-ring (bicyclic) bond motifs is 4. The predicted molar refractivity (Wildman–Crippen MR) is 185 cm³/mol. The molecule has 0 saturated carbocycles. The minimum atomic E-state index is -0.768. The topological polar surface area (TPSA) is 51.6 Å². The summed E-state index contributed by atoms with van der Waals surface area (Å²) in [5.74, 6) is 1.77. The minimum absolute atomic E-state index is 0.768. The van der Waals surface area contributed by atoms with Gasteiger partial charge in [-0.1, -0.05) is 24.3 Å². The van der Waals surface area contributed by atoms with Crippen LogP contribution in [0, 0.1) is 0 Å². The van der Waals surface area contributed by atoms with Crippen molar-refractivity contribution in [2.45, 2.75) is 5.66 Å². The Morgan fingerprint density at radius 2 is 1.12 bits per heavy atom. The summed E-state index contributed by atoms with van der Waals surface area (Å²) in [5.41, 5.74) is 9.69. The molecule has 5 aromatic carbocycles. The van der Waals surface area contributed by atoms with E-state index < -0.39 is 5.66 Å². The van der Waals surface area contributed by atoms with E-state index in [2.05, 4.69) is 132 Å². The number of aromatic nitrogens is 6. The highest BCUT2D eigenvalue weighted by Crippen LogP contribution is 2.57. The van der Waals surface area contributed by atoms with E-state index in [1.54, 1.807) is 0 Å². The van der Waals surface area contributed by atoms with E-state index in [9.17, 15) is 0 Å². The molecule has 1 atom stereocenters. The van der Waals surface area contributed by atoms with Gasteiger partial charge in [0.2, 0.25) is 0 Å². The number of hydrogen-bond donors (Lipinski definition) is 0. The molecular formula is C41H18N6O+2. The Kier molecular flexibility index (Phi) is 2.97. The lowest BCUT2D eigenvalue weighted by Gasteiger charge is -2.39. The minimum Gasteiger partial charge on any atom is -0.456 e. The van der Waals surface area contributed by atoms with Crippen LogP contribution in [0.1, 0.15) is 11.1 Å². The van der Waals surface area contributed by atoms with Crippen molar-refractivity contribution in [3.63, 3.8) is 0 Å². The summed E-state index contributed by atoms with van der Waals surface area (Å²) in [5, 5.41) is 22.6. The fourth-order valence-electron chi connectivity index (χ4n) is 10.6. The van der Waals surface area contributed by atoms with Gasteiger partial charge in [-0.05, 0) is 77.5 Å². The average Bonchev–Trinajstić information content (AvgIpc) is 3.67.